The van der Waals surface area contributed by atoms with Gasteiger partial charge in [0.05, 0.1) is 0 Å². The zero-order chi connectivity index (χ0) is 28.5. The number of benzene rings is 4. The molecule has 1 saturated carbocycles. The van der Waals surface area contributed by atoms with Gasteiger partial charge in [-0.1, -0.05) is 102 Å². The van der Waals surface area contributed by atoms with Crippen molar-refractivity contribution in [3.05, 3.63) is 128 Å². The highest BCUT2D eigenvalue weighted by Gasteiger charge is 2.43. The van der Waals surface area contributed by atoms with Gasteiger partial charge in [-0.3, -0.25) is 0 Å². The molecule has 0 bridgehead atoms. The molecule has 3 aliphatic carbocycles. The average Bonchev–Trinajstić information content (AvgIpc) is 3.67. The average molecular weight is 535 g/mol. The van der Waals surface area contributed by atoms with Crippen LogP contribution in [0.25, 0.3) is 33.4 Å². The SMILES string of the molecule is Cc1cc(C)c(-c2ccc3c(c2)Cc2c-3ccc(-c3c(C)cc(C)cc3C)c2C2(C3=CC=CC3)CCCC2)c(C)c1. The quantitative estimate of drug-likeness (QED) is 0.215. The van der Waals surface area contributed by atoms with Crippen molar-refractivity contribution >= 4 is 0 Å². The van der Waals surface area contributed by atoms with E-state index in [4.69, 9.17) is 0 Å². The lowest BCUT2D eigenvalue weighted by molar-refractivity contribution is 0.513. The molecule has 0 radical (unpaired) electrons. The topological polar surface area (TPSA) is 0 Å². The van der Waals surface area contributed by atoms with E-state index < -0.39 is 0 Å². The third-order valence-electron chi connectivity index (χ3n) is 10.3. The number of aryl methyl sites for hydroxylation is 6. The molecule has 0 atom stereocenters. The zero-order valence-corrected chi connectivity index (χ0v) is 25.7. The van der Waals surface area contributed by atoms with Gasteiger partial charge in [0.2, 0.25) is 0 Å². The number of hydrogen-bond acceptors (Lipinski definition) is 0. The Balaban J connectivity index is 1.46. The van der Waals surface area contributed by atoms with Crippen LogP contribution < -0.4 is 0 Å². The second kappa shape index (κ2) is 9.73. The summed E-state index contributed by atoms with van der Waals surface area (Å²) in [4.78, 5) is 0. The lowest BCUT2D eigenvalue weighted by Crippen LogP contribution is -2.27. The van der Waals surface area contributed by atoms with Gasteiger partial charge in [0.25, 0.3) is 0 Å². The Morgan fingerprint density at radius 2 is 1.20 bits per heavy atom. The molecule has 0 spiro atoms. The maximum absolute atomic E-state index is 2.50. The molecule has 1 fully saturated rings. The Labute approximate surface area is 246 Å². The molecule has 0 nitrogen and oxygen atoms in total. The van der Waals surface area contributed by atoms with Crippen LogP contribution in [0.2, 0.25) is 0 Å². The lowest BCUT2D eigenvalue weighted by atomic mass is 9.67. The van der Waals surface area contributed by atoms with Crippen molar-refractivity contribution in [1.82, 2.24) is 0 Å². The highest BCUT2D eigenvalue weighted by Crippen LogP contribution is 2.56. The molecule has 206 valence electrons. The van der Waals surface area contributed by atoms with Gasteiger partial charge in [-0.2, -0.15) is 0 Å². The first-order chi connectivity index (χ1) is 19.8. The van der Waals surface area contributed by atoms with Crippen LogP contribution in [-0.2, 0) is 11.8 Å². The van der Waals surface area contributed by atoms with Gasteiger partial charge in [-0.05, 0) is 140 Å². The smallest absolute Gasteiger partial charge is 0.0177 e. The summed E-state index contributed by atoms with van der Waals surface area (Å²) >= 11 is 0. The number of hydrogen-bond donors (Lipinski definition) is 0. The minimum absolute atomic E-state index is 0.128. The fourth-order valence-corrected chi connectivity index (χ4v) is 8.94. The van der Waals surface area contributed by atoms with Gasteiger partial charge >= 0.3 is 0 Å². The highest BCUT2D eigenvalue weighted by atomic mass is 14.5. The summed E-state index contributed by atoms with van der Waals surface area (Å²) in [6, 6.07) is 21.6. The predicted octanol–water partition coefficient (Wildman–Crippen LogP) is 11.1. The van der Waals surface area contributed by atoms with Crippen LogP contribution in [-0.4, -0.2) is 0 Å². The van der Waals surface area contributed by atoms with Crippen molar-refractivity contribution in [2.24, 2.45) is 0 Å². The van der Waals surface area contributed by atoms with Crippen LogP contribution in [0.1, 0.15) is 82.2 Å². The van der Waals surface area contributed by atoms with Crippen LogP contribution in [0.3, 0.4) is 0 Å². The van der Waals surface area contributed by atoms with E-state index in [9.17, 15) is 0 Å². The van der Waals surface area contributed by atoms with Crippen LogP contribution >= 0.6 is 0 Å². The molecule has 0 aromatic heterocycles. The predicted molar refractivity (Wildman–Crippen MR) is 176 cm³/mol. The summed E-state index contributed by atoms with van der Waals surface area (Å²) in [5.74, 6) is 0. The number of fused-ring (bicyclic) bond motifs is 3. The Bertz CT molecular complexity index is 1740. The van der Waals surface area contributed by atoms with E-state index in [0.29, 0.717) is 0 Å². The number of rotatable bonds is 4. The van der Waals surface area contributed by atoms with Crippen molar-refractivity contribution in [2.45, 2.75) is 85.5 Å². The standard InChI is InChI=1S/C41H42/c1-25-19-27(3)38(28(4)20-25)31-13-14-34-32(23-31)24-37-35(34)15-16-36(39-29(5)21-26(2)22-30(39)6)40(37)41(17-9-10-18-41)33-11-7-8-12-33/h7-8,11,13-16,19-23H,9-10,12,17-18,24H2,1-6H3. The van der Waals surface area contributed by atoms with E-state index >= 15 is 0 Å². The molecule has 41 heavy (non-hydrogen) atoms. The van der Waals surface area contributed by atoms with Crippen molar-refractivity contribution in [3.8, 4) is 33.4 Å². The van der Waals surface area contributed by atoms with E-state index in [1.807, 2.05) is 0 Å². The Kier molecular flexibility index (Phi) is 6.23. The molecule has 3 aliphatic rings. The van der Waals surface area contributed by atoms with Crippen molar-refractivity contribution in [1.29, 1.82) is 0 Å². The van der Waals surface area contributed by atoms with Crippen LogP contribution in [0.4, 0.5) is 0 Å². The molecule has 0 amide bonds. The summed E-state index contributed by atoms with van der Waals surface area (Å²) < 4.78 is 0. The Morgan fingerprint density at radius 1 is 0.610 bits per heavy atom. The molecule has 4 aromatic rings. The van der Waals surface area contributed by atoms with Gasteiger partial charge < -0.3 is 0 Å². The summed E-state index contributed by atoms with van der Waals surface area (Å²) in [6.45, 7) is 13.6. The fourth-order valence-electron chi connectivity index (χ4n) is 8.94. The van der Waals surface area contributed by atoms with Crippen LogP contribution in [0.15, 0.2) is 78.4 Å². The Morgan fingerprint density at radius 3 is 1.80 bits per heavy atom. The summed E-state index contributed by atoms with van der Waals surface area (Å²) in [7, 11) is 0. The molecular weight excluding hydrogens is 492 g/mol. The third kappa shape index (κ3) is 4.10. The first-order valence-corrected chi connectivity index (χ1v) is 15.6. The molecule has 4 aromatic carbocycles. The normalized spacial score (nSPS) is 16.7. The molecule has 0 N–H and O–H groups in total. The summed E-state index contributed by atoms with van der Waals surface area (Å²) in [6.07, 6.45) is 14.4. The second-order valence-electron chi connectivity index (χ2n) is 13.2. The fraction of sp³-hybridized carbons (Fsp3) is 0.317. The first-order valence-electron chi connectivity index (χ1n) is 15.6. The van der Waals surface area contributed by atoms with Crippen LogP contribution in [0, 0.1) is 41.5 Å². The monoisotopic (exact) mass is 534 g/mol. The van der Waals surface area contributed by atoms with E-state index in [1.165, 1.54) is 98.0 Å². The molecular formula is C41H42. The number of allylic oxidation sites excluding steroid dienone is 4. The zero-order valence-electron chi connectivity index (χ0n) is 25.7. The van der Waals surface area contributed by atoms with E-state index in [2.05, 4.69) is 114 Å². The van der Waals surface area contributed by atoms with Gasteiger partial charge in [0.15, 0.2) is 0 Å². The second-order valence-corrected chi connectivity index (χ2v) is 13.2. The molecule has 0 aliphatic heterocycles. The minimum Gasteiger partial charge on any atom is -0.0804 e. The van der Waals surface area contributed by atoms with E-state index in [1.54, 1.807) is 16.7 Å². The molecule has 0 heterocycles. The lowest BCUT2D eigenvalue weighted by Gasteiger charge is -2.36. The Hall–Kier alpha value is -3.64. The maximum atomic E-state index is 2.50. The summed E-state index contributed by atoms with van der Waals surface area (Å²) in [5, 5.41) is 0. The van der Waals surface area contributed by atoms with Crippen LogP contribution in [0.5, 0.6) is 0 Å². The van der Waals surface area contributed by atoms with Gasteiger partial charge in [-0.15, -0.1) is 0 Å². The van der Waals surface area contributed by atoms with Gasteiger partial charge in [0.1, 0.15) is 0 Å². The van der Waals surface area contributed by atoms with Crippen molar-refractivity contribution < 1.29 is 0 Å². The molecule has 7 rings (SSSR count). The molecule has 0 heteroatoms. The highest BCUT2D eigenvalue weighted by molar-refractivity contribution is 5.88. The van der Waals surface area contributed by atoms with E-state index in [-0.39, 0.29) is 5.41 Å². The third-order valence-corrected chi connectivity index (χ3v) is 10.3. The molecule has 0 saturated heterocycles. The van der Waals surface area contributed by atoms with E-state index in [0.717, 1.165) is 12.8 Å². The van der Waals surface area contributed by atoms with Gasteiger partial charge in [-0.25, -0.2) is 0 Å². The summed E-state index contributed by atoms with van der Waals surface area (Å²) in [5.41, 5.74) is 23.3. The maximum Gasteiger partial charge on any atom is 0.0177 e. The van der Waals surface area contributed by atoms with Crippen molar-refractivity contribution in [2.75, 3.05) is 0 Å². The first kappa shape index (κ1) is 26.3. The van der Waals surface area contributed by atoms with Crippen molar-refractivity contribution in [3.63, 3.8) is 0 Å². The molecule has 0 unspecified atom stereocenters. The largest absolute Gasteiger partial charge is 0.0804 e. The van der Waals surface area contributed by atoms with Gasteiger partial charge in [0, 0.05) is 5.41 Å². The minimum atomic E-state index is 0.128.